The molecular weight excluding hydrogens is 340 g/mol. The second kappa shape index (κ2) is 7.42. The predicted octanol–water partition coefficient (Wildman–Crippen LogP) is 3.71. The molecule has 1 aliphatic carbocycles. The van der Waals surface area contributed by atoms with E-state index in [1.54, 1.807) is 26.4 Å². The van der Waals surface area contributed by atoms with Gasteiger partial charge in [-0.3, -0.25) is 4.79 Å². The van der Waals surface area contributed by atoms with Gasteiger partial charge in [-0.25, -0.2) is 0 Å². The lowest BCUT2D eigenvalue weighted by atomic mass is 9.76. The van der Waals surface area contributed by atoms with E-state index in [-0.39, 0.29) is 6.42 Å². The largest absolute Gasteiger partial charge is 0.498 e. The third-order valence-electron chi connectivity index (χ3n) is 5.06. The van der Waals surface area contributed by atoms with Crippen molar-refractivity contribution in [3.05, 3.63) is 65.0 Å². The number of amides is 1. The summed E-state index contributed by atoms with van der Waals surface area (Å²) in [7, 11) is 3.14. The molecule has 1 aliphatic rings. The van der Waals surface area contributed by atoms with Gasteiger partial charge >= 0.3 is 0 Å². The van der Waals surface area contributed by atoms with Crippen LogP contribution in [0.1, 0.15) is 43.9 Å². The smallest absolute Gasteiger partial charge is 0.244 e. The Bertz CT molecular complexity index is 887. The topological polar surface area (TPSA) is 85.3 Å². The second-order valence-corrected chi connectivity index (χ2v) is 7.28. The highest BCUT2D eigenvalue weighted by Gasteiger charge is 2.42. The molecule has 1 unspecified atom stereocenters. The second-order valence-electron chi connectivity index (χ2n) is 7.28. The Balaban J connectivity index is 2.71. The van der Waals surface area contributed by atoms with E-state index in [9.17, 15) is 10.1 Å². The van der Waals surface area contributed by atoms with E-state index in [0.717, 1.165) is 22.3 Å². The summed E-state index contributed by atoms with van der Waals surface area (Å²) in [6.07, 6.45) is 3.63. The maximum atomic E-state index is 11.8. The monoisotopic (exact) mass is 366 g/mol. The molecule has 1 amide bonds. The number of nitriles is 1. The van der Waals surface area contributed by atoms with Gasteiger partial charge in [-0.2, -0.15) is 5.26 Å². The van der Waals surface area contributed by atoms with Crippen LogP contribution in [0.15, 0.2) is 48.3 Å². The van der Waals surface area contributed by atoms with Crippen molar-refractivity contribution in [1.82, 2.24) is 0 Å². The first kappa shape index (κ1) is 20.5. The first-order chi connectivity index (χ1) is 12.6. The summed E-state index contributed by atoms with van der Waals surface area (Å²) in [5.74, 6) is 0.0835. The Morgan fingerprint density at radius 2 is 2.00 bits per heavy atom. The van der Waals surface area contributed by atoms with Crippen molar-refractivity contribution in [2.45, 2.75) is 38.2 Å². The zero-order chi connectivity index (χ0) is 20.4. The van der Waals surface area contributed by atoms with Crippen LogP contribution in [0, 0.1) is 11.3 Å². The van der Waals surface area contributed by atoms with Gasteiger partial charge in [0, 0.05) is 19.1 Å². The number of methoxy groups -OCH3 is 2. The van der Waals surface area contributed by atoms with E-state index < -0.39 is 16.9 Å². The molecule has 142 valence electrons. The maximum Gasteiger partial charge on any atom is 0.244 e. The lowest BCUT2D eigenvalue weighted by molar-refractivity contribution is -0.115. The fourth-order valence-corrected chi connectivity index (χ4v) is 3.42. The average Bonchev–Trinajstić information content (AvgIpc) is 2.66. The number of benzene rings is 1. The van der Waals surface area contributed by atoms with E-state index in [0.29, 0.717) is 11.3 Å². The van der Waals surface area contributed by atoms with Crippen LogP contribution in [0.2, 0.25) is 0 Å². The van der Waals surface area contributed by atoms with Gasteiger partial charge in [-0.1, -0.05) is 24.3 Å². The van der Waals surface area contributed by atoms with Crippen LogP contribution in [-0.2, 0) is 25.3 Å². The third-order valence-corrected chi connectivity index (χ3v) is 5.06. The van der Waals surface area contributed by atoms with E-state index in [1.807, 2.05) is 39.0 Å². The van der Waals surface area contributed by atoms with Gasteiger partial charge in [0.25, 0.3) is 0 Å². The number of ether oxygens (including phenoxy) is 2. The van der Waals surface area contributed by atoms with Gasteiger partial charge in [-0.05, 0) is 55.7 Å². The molecule has 27 heavy (non-hydrogen) atoms. The van der Waals surface area contributed by atoms with E-state index in [4.69, 9.17) is 15.2 Å². The molecule has 1 aromatic carbocycles. The summed E-state index contributed by atoms with van der Waals surface area (Å²) in [5.41, 5.74) is 7.72. The highest BCUT2D eigenvalue weighted by Crippen LogP contribution is 2.44. The summed E-state index contributed by atoms with van der Waals surface area (Å²) in [6.45, 7) is 9.71. The number of nitrogens with two attached hydrogens (primary N) is 1. The molecule has 0 aromatic heterocycles. The van der Waals surface area contributed by atoms with Crippen molar-refractivity contribution in [3.63, 3.8) is 0 Å². The van der Waals surface area contributed by atoms with Crippen LogP contribution in [0.4, 0.5) is 0 Å². The molecule has 2 rings (SSSR count). The van der Waals surface area contributed by atoms with Crippen molar-refractivity contribution in [2.75, 3.05) is 14.2 Å². The molecule has 0 saturated carbocycles. The zero-order valence-corrected chi connectivity index (χ0v) is 16.6. The predicted molar refractivity (Wildman–Crippen MR) is 105 cm³/mol. The molecule has 2 N–H and O–H groups in total. The average molecular weight is 366 g/mol. The van der Waals surface area contributed by atoms with Gasteiger partial charge in [0.1, 0.15) is 5.76 Å². The van der Waals surface area contributed by atoms with Gasteiger partial charge in [0.15, 0.2) is 5.60 Å². The number of nitrogens with zero attached hydrogens (tertiary/aromatic N) is 1. The minimum absolute atomic E-state index is 0.259. The standard InChI is InChI=1S/C22H26N2O3/c1-14(2)17-11-16(8-9-18(17)21(3,4)13-23)22(27-6)12-15(20(24)25)7-10-19(22)26-5/h7-11H,1,12H2,2-6H3,(H2,24,25). The number of primary amides is 1. The first-order valence-electron chi connectivity index (χ1n) is 8.65. The van der Waals surface area contributed by atoms with Crippen molar-refractivity contribution in [3.8, 4) is 6.07 Å². The van der Waals surface area contributed by atoms with E-state index in [1.165, 1.54) is 0 Å². The molecule has 0 fully saturated rings. The van der Waals surface area contributed by atoms with Crippen molar-refractivity contribution >= 4 is 11.5 Å². The number of allylic oxidation sites excluding steroid dienone is 3. The van der Waals surface area contributed by atoms with Gasteiger partial charge in [0.2, 0.25) is 5.91 Å². The summed E-state index contributed by atoms with van der Waals surface area (Å²) >= 11 is 0. The molecule has 5 nitrogen and oxygen atoms in total. The Hall–Kier alpha value is -2.84. The van der Waals surface area contributed by atoms with Crippen molar-refractivity contribution < 1.29 is 14.3 Å². The summed E-state index contributed by atoms with van der Waals surface area (Å²) in [4.78, 5) is 11.8. The van der Waals surface area contributed by atoms with Crippen molar-refractivity contribution in [1.29, 1.82) is 5.26 Å². The fraction of sp³-hybridized carbons (Fsp3) is 0.364. The summed E-state index contributed by atoms with van der Waals surface area (Å²) in [5, 5.41) is 9.55. The van der Waals surface area contributed by atoms with Crippen LogP contribution in [0.3, 0.4) is 0 Å². The number of carbonyl (C=O) groups excluding carboxylic acids is 1. The van der Waals surface area contributed by atoms with E-state index >= 15 is 0 Å². The quantitative estimate of drug-likeness (QED) is 0.832. The molecule has 5 heteroatoms. The number of carbonyl (C=O) groups is 1. The van der Waals surface area contributed by atoms with Crippen LogP contribution in [0.5, 0.6) is 0 Å². The molecule has 0 spiro atoms. The molecular formula is C22H26N2O3. The Kier molecular flexibility index (Phi) is 5.62. The fourth-order valence-electron chi connectivity index (χ4n) is 3.42. The van der Waals surface area contributed by atoms with Crippen LogP contribution >= 0.6 is 0 Å². The molecule has 0 bridgehead atoms. The lowest BCUT2D eigenvalue weighted by Gasteiger charge is -2.37. The Morgan fingerprint density at radius 1 is 1.33 bits per heavy atom. The summed E-state index contributed by atoms with van der Waals surface area (Å²) < 4.78 is 11.5. The van der Waals surface area contributed by atoms with Gasteiger partial charge in [-0.15, -0.1) is 0 Å². The lowest BCUT2D eigenvalue weighted by Crippen LogP contribution is -2.36. The minimum atomic E-state index is -0.979. The highest BCUT2D eigenvalue weighted by molar-refractivity contribution is 5.93. The van der Waals surface area contributed by atoms with Crippen molar-refractivity contribution in [2.24, 2.45) is 5.73 Å². The molecule has 0 saturated heterocycles. The minimum Gasteiger partial charge on any atom is -0.498 e. The number of rotatable bonds is 6. The third kappa shape index (κ3) is 3.54. The van der Waals surface area contributed by atoms with Crippen LogP contribution in [0.25, 0.3) is 5.57 Å². The first-order valence-corrected chi connectivity index (χ1v) is 8.65. The van der Waals surface area contributed by atoms with E-state index in [2.05, 4.69) is 12.6 Å². The molecule has 0 heterocycles. The maximum absolute atomic E-state index is 11.8. The highest BCUT2D eigenvalue weighted by atomic mass is 16.5. The van der Waals surface area contributed by atoms with Crippen LogP contribution < -0.4 is 5.73 Å². The zero-order valence-electron chi connectivity index (χ0n) is 16.6. The molecule has 0 radical (unpaired) electrons. The number of hydrogen-bond donors (Lipinski definition) is 1. The summed E-state index contributed by atoms with van der Waals surface area (Å²) in [6, 6.07) is 8.11. The Morgan fingerprint density at radius 3 is 2.48 bits per heavy atom. The molecule has 1 atom stereocenters. The Labute approximate surface area is 160 Å². The molecule has 0 aliphatic heterocycles. The SMILES string of the molecule is C=C(C)c1cc(C2(OC)CC(C(N)=O)=CC=C2OC)ccc1C(C)(C)C#N. The van der Waals surface area contributed by atoms with Crippen LogP contribution in [-0.4, -0.2) is 20.1 Å². The number of hydrogen-bond acceptors (Lipinski definition) is 4. The molecule has 1 aromatic rings. The van der Waals surface area contributed by atoms with Gasteiger partial charge < -0.3 is 15.2 Å². The van der Waals surface area contributed by atoms with Gasteiger partial charge in [0.05, 0.1) is 18.6 Å². The normalized spacial score (nSPS) is 19.6.